The van der Waals surface area contributed by atoms with Gasteiger partial charge in [0, 0.05) is 0 Å². The quantitative estimate of drug-likeness (QED) is 0.734. The summed E-state index contributed by atoms with van der Waals surface area (Å²) in [5, 5.41) is 8.95. The average molecular weight is 213 g/mol. The van der Waals surface area contributed by atoms with Crippen molar-refractivity contribution >= 4 is 11.7 Å². The van der Waals surface area contributed by atoms with Crippen LogP contribution in [-0.2, 0) is 10.2 Å². The maximum absolute atomic E-state index is 13.0. The van der Waals surface area contributed by atoms with Crippen molar-refractivity contribution in [1.29, 1.82) is 0 Å². The second-order valence-corrected chi connectivity index (χ2v) is 3.75. The Morgan fingerprint density at radius 1 is 1.40 bits per heavy atom. The van der Waals surface area contributed by atoms with Crippen LogP contribution in [0, 0.1) is 11.6 Å². The van der Waals surface area contributed by atoms with E-state index < -0.39 is 23.0 Å². The van der Waals surface area contributed by atoms with Crippen molar-refractivity contribution in [3.63, 3.8) is 0 Å². The molecule has 0 heterocycles. The number of hydrogen-bond donors (Lipinski definition) is 2. The van der Waals surface area contributed by atoms with E-state index in [2.05, 4.69) is 0 Å². The Morgan fingerprint density at radius 3 is 2.40 bits per heavy atom. The van der Waals surface area contributed by atoms with Crippen LogP contribution in [0.3, 0.4) is 0 Å². The second kappa shape index (κ2) is 2.92. The highest BCUT2D eigenvalue weighted by molar-refractivity contribution is 5.85. The van der Waals surface area contributed by atoms with Crippen molar-refractivity contribution in [3.8, 4) is 0 Å². The lowest BCUT2D eigenvalue weighted by Gasteiger charge is -2.11. The van der Waals surface area contributed by atoms with Crippen molar-refractivity contribution in [2.75, 3.05) is 5.73 Å². The van der Waals surface area contributed by atoms with Gasteiger partial charge in [-0.2, -0.15) is 0 Å². The Balaban J connectivity index is 2.51. The molecule has 1 fully saturated rings. The van der Waals surface area contributed by atoms with Gasteiger partial charge >= 0.3 is 5.97 Å². The van der Waals surface area contributed by atoms with E-state index in [1.54, 1.807) is 0 Å². The van der Waals surface area contributed by atoms with E-state index in [-0.39, 0.29) is 11.3 Å². The first kappa shape index (κ1) is 9.89. The fraction of sp³-hybridized carbons (Fsp3) is 0.300. The highest BCUT2D eigenvalue weighted by atomic mass is 19.2. The Labute approximate surface area is 84.5 Å². The number of carboxylic acids is 1. The molecule has 0 aliphatic heterocycles. The molecule has 1 aromatic rings. The minimum Gasteiger partial charge on any atom is -0.481 e. The topological polar surface area (TPSA) is 63.3 Å². The fourth-order valence-electron chi connectivity index (χ4n) is 1.64. The van der Waals surface area contributed by atoms with Crippen LogP contribution < -0.4 is 5.73 Å². The molecule has 0 aromatic heterocycles. The first-order chi connectivity index (χ1) is 6.97. The third-order valence-corrected chi connectivity index (χ3v) is 2.77. The van der Waals surface area contributed by atoms with Gasteiger partial charge < -0.3 is 10.8 Å². The van der Waals surface area contributed by atoms with Crippen molar-refractivity contribution < 1.29 is 18.7 Å². The van der Waals surface area contributed by atoms with Crippen molar-refractivity contribution in [3.05, 3.63) is 29.3 Å². The number of carboxylic acid groups (broad SMARTS) is 1. The molecule has 1 aliphatic carbocycles. The van der Waals surface area contributed by atoms with E-state index in [0.29, 0.717) is 12.8 Å². The molecule has 15 heavy (non-hydrogen) atoms. The normalized spacial score (nSPS) is 17.5. The van der Waals surface area contributed by atoms with Gasteiger partial charge in [0.2, 0.25) is 0 Å². The van der Waals surface area contributed by atoms with Gasteiger partial charge in [0.1, 0.15) is 0 Å². The lowest BCUT2D eigenvalue weighted by atomic mass is 9.95. The van der Waals surface area contributed by atoms with E-state index in [9.17, 15) is 13.6 Å². The molecule has 2 rings (SSSR count). The number of rotatable bonds is 2. The van der Waals surface area contributed by atoms with Gasteiger partial charge in [0.25, 0.3) is 0 Å². The Hall–Kier alpha value is -1.65. The highest BCUT2D eigenvalue weighted by Crippen LogP contribution is 2.49. The number of anilines is 1. The van der Waals surface area contributed by atoms with E-state index in [4.69, 9.17) is 10.8 Å². The van der Waals surface area contributed by atoms with Gasteiger partial charge in [-0.3, -0.25) is 4.79 Å². The van der Waals surface area contributed by atoms with Crippen LogP contribution in [0.15, 0.2) is 12.1 Å². The Bertz CT molecular complexity index is 418. The molecule has 0 amide bonds. The van der Waals surface area contributed by atoms with Crippen LogP contribution >= 0.6 is 0 Å². The van der Waals surface area contributed by atoms with Gasteiger partial charge in [-0.15, -0.1) is 0 Å². The average Bonchev–Trinajstić information content (AvgIpc) is 2.93. The Morgan fingerprint density at radius 2 is 2.00 bits per heavy atom. The molecule has 3 nitrogen and oxygen atoms in total. The summed E-state index contributed by atoms with van der Waals surface area (Å²) in [6.45, 7) is 0. The van der Waals surface area contributed by atoms with Gasteiger partial charge in [-0.05, 0) is 30.5 Å². The number of halogens is 2. The molecule has 0 bridgehead atoms. The molecule has 0 radical (unpaired) electrons. The summed E-state index contributed by atoms with van der Waals surface area (Å²) in [5.74, 6) is -3.25. The number of nitrogen functional groups attached to an aromatic ring is 1. The maximum Gasteiger partial charge on any atom is 0.314 e. The number of carbonyl (C=O) groups is 1. The summed E-state index contributed by atoms with van der Waals surface area (Å²) in [6, 6.07) is 2.10. The van der Waals surface area contributed by atoms with Gasteiger partial charge in [-0.1, -0.05) is 0 Å². The van der Waals surface area contributed by atoms with Crippen LogP contribution in [0.1, 0.15) is 18.4 Å². The van der Waals surface area contributed by atoms with Crippen LogP contribution in [0.2, 0.25) is 0 Å². The standard InChI is InChI=1S/C10H9F2NO2/c11-6-3-5(4-7(13)8(6)12)10(1-2-10)9(14)15/h3-4H,1-2,13H2,(H,14,15). The molecule has 0 saturated heterocycles. The molecule has 5 heteroatoms. The molecule has 1 saturated carbocycles. The Kier molecular flexibility index (Phi) is 1.92. The number of aliphatic carboxylic acids is 1. The van der Waals surface area contributed by atoms with Crippen molar-refractivity contribution in [2.45, 2.75) is 18.3 Å². The second-order valence-electron chi connectivity index (χ2n) is 3.75. The molecule has 0 atom stereocenters. The third-order valence-electron chi connectivity index (χ3n) is 2.77. The van der Waals surface area contributed by atoms with E-state index >= 15 is 0 Å². The lowest BCUT2D eigenvalue weighted by molar-refractivity contribution is -0.140. The summed E-state index contributed by atoms with van der Waals surface area (Å²) in [5.41, 5.74) is 4.08. The predicted molar refractivity (Wildman–Crippen MR) is 49.3 cm³/mol. The summed E-state index contributed by atoms with van der Waals surface area (Å²) in [6.07, 6.45) is 0.875. The van der Waals surface area contributed by atoms with Crippen molar-refractivity contribution in [2.24, 2.45) is 0 Å². The number of hydrogen-bond acceptors (Lipinski definition) is 2. The number of nitrogens with two attached hydrogens (primary N) is 1. The van der Waals surface area contributed by atoms with Gasteiger partial charge in [0.15, 0.2) is 11.6 Å². The highest BCUT2D eigenvalue weighted by Gasteiger charge is 2.52. The van der Waals surface area contributed by atoms with E-state index in [1.807, 2.05) is 0 Å². The number of benzene rings is 1. The fourth-order valence-corrected chi connectivity index (χ4v) is 1.64. The maximum atomic E-state index is 13.0. The van der Waals surface area contributed by atoms with Crippen LogP contribution in [0.25, 0.3) is 0 Å². The van der Waals surface area contributed by atoms with Crippen molar-refractivity contribution in [1.82, 2.24) is 0 Å². The lowest BCUT2D eigenvalue weighted by Crippen LogP contribution is -2.20. The predicted octanol–water partition coefficient (Wildman–Crippen LogP) is 1.66. The van der Waals surface area contributed by atoms with E-state index in [0.717, 1.165) is 6.07 Å². The van der Waals surface area contributed by atoms with Crippen LogP contribution in [-0.4, -0.2) is 11.1 Å². The molecule has 0 unspecified atom stereocenters. The molecule has 80 valence electrons. The molecule has 1 aromatic carbocycles. The monoisotopic (exact) mass is 213 g/mol. The molecule has 3 N–H and O–H groups in total. The SMILES string of the molecule is Nc1cc(C2(C(=O)O)CC2)cc(F)c1F. The third kappa shape index (κ3) is 1.35. The molecular formula is C10H9F2NO2. The first-order valence-electron chi connectivity index (χ1n) is 4.46. The van der Waals surface area contributed by atoms with Crippen LogP contribution in [0.5, 0.6) is 0 Å². The minimum absolute atomic E-state index is 0.242. The van der Waals surface area contributed by atoms with E-state index in [1.165, 1.54) is 6.07 Å². The largest absolute Gasteiger partial charge is 0.481 e. The van der Waals surface area contributed by atoms with Gasteiger partial charge in [0.05, 0.1) is 11.1 Å². The summed E-state index contributed by atoms with van der Waals surface area (Å²) >= 11 is 0. The summed E-state index contributed by atoms with van der Waals surface area (Å²) < 4.78 is 25.9. The molecule has 1 aliphatic rings. The first-order valence-corrected chi connectivity index (χ1v) is 4.46. The summed E-state index contributed by atoms with van der Waals surface area (Å²) in [4.78, 5) is 10.9. The smallest absolute Gasteiger partial charge is 0.314 e. The summed E-state index contributed by atoms with van der Waals surface area (Å²) in [7, 11) is 0. The van der Waals surface area contributed by atoms with Gasteiger partial charge in [-0.25, -0.2) is 8.78 Å². The zero-order valence-corrected chi connectivity index (χ0v) is 7.76. The molecule has 0 spiro atoms. The zero-order chi connectivity index (χ0) is 11.2. The van der Waals surface area contributed by atoms with Crippen LogP contribution in [0.4, 0.5) is 14.5 Å². The molecular weight excluding hydrogens is 204 g/mol. The minimum atomic E-state index is -1.13. The zero-order valence-electron chi connectivity index (χ0n) is 7.76.